The van der Waals surface area contributed by atoms with Crippen LogP contribution in [0.1, 0.15) is 0 Å². The van der Waals surface area contributed by atoms with E-state index in [9.17, 15) is 0 Å². The molecule has 19 heavy (non-hydrogen) atoms. The van der Waals surface area contributed by atoms with Crippen LogP contribution in [-0.2, 0) is 0 Å². The maximum atomic E-state index is 5.99. The molecular formula is C14H9Cl2N3. The second-order valence-corrected chi connectivity index (χ2v) is 4.89. The summed E-state index contributed by atoms with van der Waals surface area (Å²) in [6, 6.07) is 11.0. The van der Waals surface area contributed by atoms with Gasteiger partial charge in [-0.05, 0) is 30.3 Å². The Morgan fingerprint density at radius 1 is 0.947 bits per heavy atom. The average Bonchev–Trinajstić information content (AvgIpc) is 2.88. The quantitative estimate of drug-likeness (QED) is 0.757. The molecule has 2 aromatic heterocycles. The zero-order valence-corrected chi connectivity index (χ0v) is 11.3. The molecule has 1 N–H and O–H groups in total. The van der Waals surface area contributed by atoms with E-state index in [0.717, 1.165) is 17.0 Å². The van der Waals surface area contributed by atoms with E-state index < -0.39 is 0 Å². The molecule has 0 spiro atoms. The maximum Gasteiger partial charge on any atom is 0.156 e. The van der Waals surface area contributed by atoms with Crippen molar-refractivity contribution in [2.75, 3.05) is 0 Å². The van der Waals surface area contributed by atoms with Gasteiger partial charge < -0.3 is 4.98 Å². The lowest BCUT2D eigenvalue weighted by atomic mass is 10.2. The van der Waals surface area contributed by atoms with Crippen LogP contribution in [0.15, 0.2) is 48.8 Å². The lowest BCUT2D eigenvalue weighted by molar-refractivity contribution is 1.22. The first-order valence-corrected chi connectivity index (χ1v) is 6.41. The molecule has 5 heteroatoms. The molecule has 0 amide bonds. The van der Waals surface area contributed by atoms with Gasteiger partial charge in [0.05, 0.1) is 11.9 Å². The Kier molecular flexibility index (Phi) is 3.23. The maximum absolute atomic E-state index is 5.99. The number of pyridine rings is 1. The van der Waals surface area contributed by atoms with E-state index in [2.05, 4.69) is 15.0 Å². The van der Waals surface area contributed by atoms with Gasteiger partial charge in [-0.1, -0.05) is 29.3 Å². The molecule has 2 heterocycles. The Bertz CT molecular complexity index is 687. The van der Waals surface area contributed by atoms with Crippen molar-refractivity contribution in [2.45, 2.75) is 0 Å². The first-order chi connectivity index (χ1) is 9.22. The standard InChI is InChI=1S/C14H9Cl2N3/c15-10-5-9(6-11(16)7-10)13-8-18-14(19-13)12-3-1-2-4-17-12/h1-8H,(H,18,19). The zero-order chi connectivity index (χ0) is 13.2. The summed E-state index contributed by atoms with van der Waals surface area (Å²) in [6.07, 6.45) is 3.47. The largest absolute Gasteiger partial charge is 0.337 e. The molecule has 94 valence electrons. The zero-order valence-electron chi connectivity index (χ0n) is 9.77. The summed E-state index contributed by atoms with van der Waals surface area (Å²) < 4.78 is 0. The highest BCUT2D eigenvalue weighted by Gasteiger charge is 2.07. The van der Waals surface area contributed by atoms with Gasteiger partial charge in [0.15, 0.2) is 5.82 Å². The minimum absolute atomic E-state index is 0.594. The third-order valence-corrected chi connectivity index (χ3v) is 3.09. The number of benzene rings is 1. The highest BCUT2D eigenvalue weighted by Crippen LogP contribution is 2.27. The molecule has 0 aliphatic carbocycles. The lowest BCUT2D eigenvalue weighted by Crippen LogP contribution is -1.84. The smallest absolute Gasteiger partial charge is 0.156 e. The highest BCUT2D eigenvalue weighted by atomic mass is 35.5. The summed E-state index contributed by atoms with van der Waals surface area (Å²) in [5.41, 5.74) is 2.54. The van der Waals surface area contributed by atoms with Crippen LogP contribution in [0.25, 0.3) is 22.8 Å². The van der Waals surface area contributed by atoms with Gasteiger partial charge in [0.25, 0.3) is 0 Å². The Hall–Kier alpha value is -1.84. The minimum Gasteiger partial charge on any atom is -0.337 e. The van der Waals surface area contributed by atoms with Crippen molar-refractivity contribution in [3.8, 4) is 22.8 Å². The van der Waals surface area contributed by atoms with Crippen LogP contribution in [0.5, 0.6) is 0 Å². The molecule has 0 saturated heterocycles. The monoisotopic (exact) mass is 289 g/mol. The molecule has 0 aliphatic rings. The fourth-order valence-corrected chi connectivity index (χ4v) is 2.34. The van der Waals surface area contributed by atoms with Gasteiger partial charge in [0.1, 0.15) is 5.69 Å². The van der Waals surface area contributed by atoms with Gasteiger partial charge in [-0.25, -0.2) is 4.98 Å². The van der Waals surface area contributed by atoms with Crippen LogP contribution in [-0.4, -0.2) is 15.0 Å². The first kappa shape index (κ1) is 12.2. The van der Waals surface area contributed by atoms with Gasteiger partial charge in [-0.15, -0.1) is 0 Å². The number of aromatic amines is 1. The molecule has 0 atom stereocenters. The van der Waals surface area contributed by atoms with E-state index in [4.69, 9.17) is 23.2 Å². The molecule has 0 unspecified atom stereocenters. The lowest BCUT2D eigenvalue weighted by Gasteiger charge is -2.00. The van der Waals surface area contributed by atoms with E-state index in [1.54, 1.807) is 18.5 Å². The van der Waals surface area contributed by atoms with Crippen molar-refractivity contribution in [1.29, 1.82) is 0 Å². The molecule has 0 aliphatic heterocycles. The summed E-state index contributed by atoms with van der Waals surface area (Å²) in [5, 5.41) is 1.19. The molecule has 3 nitrogen and oxygen atoms in total. The summed E-state index contributed by atoms with van der Waals surface area (Å²) in [4.78, 5) is 11.8. The van der Waals surface area contributed by atoms with Crippen LogP contribution in [0, 0.1) is 0 Å². The summed E-state index contributed by atoms with van der Waals surface area (Å²) >= 11 is 12.0. The van der Waals surface area contributed by atoms with Crippen LogP contribution in [0.3, 0.4) is 0 Å². The van der Waals surface area contributed by atoms with Crippen molar-refractivity contribution >= 4 is 23.2 Å². The number of rotatable bonds is 2. The number of hydrogen-bond donors (Lipinski definition) is 1. The number of nitrogens with zero attached hydrogens (tertiary/aromatic N) is 2. The van der Waals surface area contributed by atoms with E-state index in [1.165, 1.54) is 0 Å². The number of H-pyrrole nitrogens is 1. The summed E-state index contributed by atoms with van der Waals surface area (Å²) in [7, 11) is 0. The van der Waals surface area contributed by atoms with Gasteiger partial charge in [0, 0.05) is 21.8 Å². The van der Waals surface area contributed by atoms with Gasteiger partial charge in [0.2, 0.25) is 0 Å². The van der Waals surface area contributed by atoms with Crippen LogP contribution < -0.4 is 0 Å². The second kappa shape index (κ2) is 5.03. The average molecular weight is 290 g/mol. The van der Waals surface area contributed by atoms with Crippen molar-refractivity contribution < 1.29 is 0 Å². The molecule has 3 rings (SSSR count). The summed E-state index contributed by atoms with van der Waals surface area (Å²) in [6.45, 7) is 0. The van der Waals surface area contributed by atoms with E-state index in [1.807, 2.05) is 30.3 Å². The van der Waals surface area contributed by atoms with Crippen LogP contribution in [0.4, 0.5) is 0 Å². The Morgan fingerprint density at radius 3 is 2.42 bits per heavy atom. The highest BCUT2D eigenvalue weighted by molar-refractivity contribution is 6.35. The number of halogens is 2. The van der Waals surface area contributed by atoms with Gasteiger partial charge >= 0.3 is 0 Å². The van der Waals surface area contributed by atoms with Gasteiger partial charge in [-0.2, -0.15) is 0 Å². The molecule has 0 saturated carbocycles. The predicted octanol–water partition coefficient (Wildman–Crippen LogP) is 4.45. The fourth-order valence-electron chi connectivity index (χ4n) is 1.81. The first-order valence-electron chi connectivity index (χ1n) is 5.65. The normalized spacial score (nSPS) is 10.6. The topological polar surface area (TPSA) is 41.6 Å². The van der Waals surface area contributed by atoms with E-state index in [-0.39, 0.29) is 0 Å². The molecule has 0 bridgehead atoms. The van der Waals surface area contributed by atoms with Gasteiger partial charge in [-0.3, -0.25) is 4.98 Å². The molecular weight excluding hydrogens is 281 g/mol. The van der Waals surface area contributed by atoms with Crippen molar-refractivity contribution in [1.82, 2.24) is 15.0 Å². The Labute approximate surface area is 120 Å². The van der Waals surface area contributed by atoms with E-state index in [0.29, 0.717) is 15.9 Å². The van der Waals surface area contributed by atoms with Crippen molar-refractivity contribution in [3.63, 3.8) is 0 Å². The number of nitrogens with one attached hydrogen (secondary N) is 1. The predicted molar refractivity (Wildman–Crippen MR) is 77.3 cm³/mol. The molecule has 1 aromatic carbocycles. The Balaban J connectivity index is 2.02. The number of aromatic nitrogens is 3. The van der Waals surface area contributed by atoms with Crippen LogP contribution in [0.2, 0.25) is 10.0 Å². The van der Waals surface area contributed by atoms with Crippen LogP contribution >= 0.6 is 23.2 Å². The molecule has 3 aromatic rings. The van der Waals surface area contributed by atoms with E-state index >= 15 is 0 Å². The third-order valence-electron chi connectivity index (χ3n) is 2.66. The second-order valence-electron chi connectivity index (χ2n) is 4.02. The molecule has 0 radical (unpaired) electrons. The Morgan fingerprint density at radius 2 is 1.74 bits per heavy atom. The molecule has 0 fully saturated rings. The number of imidazole rings is 1. The fraction of sp³-hybridized carbons (Fsp3) is 0. The minimum atomic E-state index is 0.594. The SMILES string of the molecule is Clc1cc(Cl)cc(-c2cnc(-c3ccccn3)[nH]2)c1. The third kappa shape index (κ3) is 2.62. The number of hydrogen-bond acceptors (Lipinski definition) is 2. The van der Waals surface area contributed by atoms with Crippen molar-refractivity contribution in [3.05, 3.63) is 58.8 Å². The summed E-state index contributed by atoms with van der Waals surface area (Å²) in [5.74, 6) is 0.715. The van der Waals surface area contributed by atoms with Crippen molar-refractivity contribution in [2.24, 2.45) is 0 Å².